The third-order valence-electron chi connectivity index (χ3n) is 4.45. The van der Waals surface area contributed by atoms with E-state index in [0.29, 0.717) is 16.8 Å². The largest absolute Gasteiger partial charge is 0.416 e. The zero-order valence-electron chi connectivity index (χ0n) is 16.6. The fourth-order valence-electron chi connectivity index (χ4n) is 2.85. The molecule has 0 fully saturated rings. The first kappa shape index (κ1) is 24.0. The maximum absolute atomic E-state index is 13.1. The number of carbonyl (C=O) groups excluding carboxylic acids is 1. The van der Waals surface area contributed by atoms with Gasteiger partial charge in [0.25, 0.3) is 0 Å². The van der Waals surface area contributed by atoms with Gasteiger partial charge in [0.15, 0.2) is 0 Å². The van der Waals surface area contributed by atoms with Crippen molar-refractivity contribution in [3.63, 3.8) is 0 Å². The van der Waals surface area contributed by atoms with Crippen LogP contribution in [0.3, 0.4) is 0 Å². The van der Waals surface area contributed by atoms with Crippen LogP contribution in [0.2, 0.25) is 5.02 Å². The van der Waals surface area contributed by atoms with Gasteiger partial charge in [0.05, 0.1) is 28.6 Å². The van der Waals surface area contributed by atoms with E-state index in [1.54, 1.807) is 0 Å². The molecule has 1 unspecified atom stereocenters. The summed E-state index contributed by atoms with van der Waals surface area (Å²) in [5, 5.41) is 2.51. The van der Waals surface area contributed by atoms with Crippen LogP contribution in [0.1, 0.15) is 36.1 Å². The van der Waals surface area contributed by atoms with Gasteiger partial charge in [0, 0.05) is 0 Å². The monoisotopic (exact) mass is 462 g/mol. The molecule has 2 rings (SSSR count). The van der Waals surface area contributed by atoms with Crippen LogP contribution in [-0.4, -0.2) is 27.1 Å². The van der Waals surface area contributed by atoms with Crippen molar-refractivity contribution in [2.75, 3.05) is 17.1 Å². The number of benzene rings is 2. The van der Waals surface area contributed by atoms with E-state index in [9.17, 15) is 26.4 Å². The van der Waals surface area contributed by atoms with Gasteiger partial charge in [-0.25, -0.2) is 8.42 Å². The maximum Gasteiger partial charge on any atom is 0.416 e. The summed E-state index contributed by atoms with van der Waals surface area (Å²) in [4.78, 5) is 12.6. The highest BCUT2D eigenvalue weighted by atomic mass is 35.5. The number of nitrogens with one attached hydrogen (secondary N) is 1. The average molecular weight is 463 g/mol. The lowest BCUT2D eigenvalue weighted by atomic mass is 10.0. The van der Waals surface area contributed by atoms with Crippen LogP contribution in [0.4, 0.5) is 18.9 Å². The normalized spacial score (nSPS) is 13.0. The first-order valence-corrected chi connectivity index (χ1v) is 11.3. The summed E-state index contributed by atoms with van der Waals surface area (Å²) < 4.78 is 64.3. The number of anilines is 1. The average Bonchev–Trinajstić information content (AvgIpc) is 2.64. The second-order valence-electron chi connectivity index (χ2n) is 6.87. The molecule has 0 saturated heterocycles. The molecule has 2 aromatic carbocycles. The molecule has 0 aliphatic carbocycles. The second-order valence-corrected chi connectivity index (χ2v) is 9.19. The minimum absolute atomic E-state index is 0.216. The van der Waals surface area contributed by atoms with Crippen LogP contribution in [0.15, 0.2) is 42.5 Å². The lowest BCUT2D eigenvalue weighted by Crippen LogP contribution is -2.41. The van der Waals surface area contributed by atoms with E-state index in [2.05, 4.69) is 5.32 Å². The molecule has 1 amide bonds. The van der Waals surface area contributed by atoms with Gasteiger partial charge >= 0.3 is 6.18 Å². The number of alkyl halides is 3. The Kier molecular flexibility index (Phi) is 7.41. The quantitative estimate of drug-likeness (QED) is 0.648. The number of amides is 1. The summed E-state index contributed by atoms with van der Waals surface area (Å²) in [5.41, 5.74) is 0.399. The van der Waals surface area contributed by atoms with E-state index in [4.69, 9.17) is 11.6 Å². The Bertz CT molecular complexity index is 1010. The van der Waals surface area contributed by atoms with Gasteiger partial charge < -0.3 is 5.32 Å². The Morgan fingerprint density at radius 3 is 2.27 bits per heavy atom. The van der Waals surface area contributed by atoms with Crippen LogP contribution in [-0.2, 0) is 21.0 Å². The second kappa shape index (κ2) is 9.26. The number of sulfonamides is 1. The number of hydrogen-bond acceptors (Lipinski definition) is 3. The summed E-state index contributed by atoms with van der Waals surface area (Å²) in [5.74, 6) is -0.665. The minimum Gasteiger partial charge on any atom is -0.348 e. The molecule has 1 N–H and O–H groups in total. The molecule has 0 spiro atoms. The van der Waals surface area contributed by atoms with Gasteiger partial charge in [-0.15, -0.1) is 0 Å². The summed E-state index contributed by atoms with van der Waals surface area (Å²) in [7, 11) is -4.09. The molecule has 30 heavy (non-hydrogen) atoms. The highest BCUT2D eigenvalue weighted by Crippen LogP contribution is 2.36. The molecule has 0 aromatic heterocycles. The molecular formula is C20H22ClF3N2O3S. The van der Waals surface area contributed by atoms with E-state index >= 15 is 0 Å². The van der Waals surface area contributed by atoms with Crippen molar-refractivity contribution in [3.8, 4) is 0 Å². The fraction of sp³-hybridized carbons (Fsp3) is 0.350. The molecule has 2 aromatic rings. The smallest absolute Gasteiger partial charge is 0.348 e. The van der Waals surface area contributed by atoms with Crippen molar-refractivity contribution < 1.29 is 26.4 Å². The number of halogens is 4. The lowest BCUT2D eigenvalue weighted by Gasteiger charge is -2.25. The molecule has 1 atom stereocenters. The molecule has 0 aliphatic rings. The molecule has 0 aliphatic heterocycles. The molecule has 10 heteroatoms. The van der Waals surface area contributed by atoms with E-state index in [1.165, 1.54) is 0 Å². The third-order valence-corrected chi connectivity index (χ3v) is 5.90. The van der Waals surface area contributed by atoms with Gasteiger partial charge in [0.1, 0.15) is 6.54 Å². The maximum atomic E-state index is 13.1. The minimum atomic E-state index is -4.69. The van der Waals surface area contributed by atoms with E-state index in [0.717, 1.165) is 29.5 Å². The number of carbonyl (C=O) groups is 1. The first-order valence-electron chi connectivity index (χ1n) is 9.03. The van der Waals surface area contributed by atoms with Gasteiger partial charge in [-0.05, 0) is 37.1 Å². The number of hydrogen-bond donors (Lipinski definition) is 1. The van der Waals surface area contributed by atoms with Crippen LogP contribution < -0.4 is 9.62 Å². The standard InChI is InChI=1S/C20H22ClF3N2O3S/c1-4-17(14-7-5-13(2)6-8-14)25-19(27)12-26(30(3,28)29)18-11-15(20(22,23)24)9-10-16(18)21/h5-11,17H,4,12H2,1-3H3,(H,25,27). The highest BCUT2D eigenvalue weighted by Gasteiger charge is 2.33. The SMILES string of the molecule is CCC(NC(=O)CN(c1cc(C(F)(F)F)ccc1Cl)S(C)(=O)=O)c1ccc(C)cc1. The molecule has 0 saturated carbocycles. The summed E-state index contributed by atoms with van der Waals surface area (Å²) in [6.07, 6.45) is -3.35. The topological polar surface area (TPSA) is 66.5 Å². The van der Waals surface area contributed by atoms with E-state index in [1.807, 2.05) is 38.1 Å². The third kappa shape index (κ3) is 6.12. The zero-order chi connectivity index (χ0) is 22.7. The highest BCUT2D eigenvalue weighted by molar-refractivity contribution is 7.92. The van der Waals surface area contributed by atoms with Crippen LogP contribution in [0, 0.1) is 6.92 Å². The van der Waals surface area contributed by atoms with Gasteiger partial charge in [0.2, 0.25) is 15.9 Å². The predicted molar refractivity (Wildman–Crippen MR) is 111 cm³/mol. The first-order chi connectivity index (χ1) is 13.8. The van der Waals surface area contributed by atoms with Crippen molar-refractivity contribution in [3.05, 3.63) is 64.2 Å². The van der Waals surface area contributed by atoms with Crippen LogP contribution in [0.25, 0.3) is 0 Å². The Labute approximate surface area is 178 Å². The molecule has 164 valence electrons. The van der Waals surface area contributed by atoms with Gasteiger partial charge in [-0.3, -0.25) is 9.10 Å². The summed E-state index contributed by atoms with van der Waals surface area (Å²) in [6, 6.07) is 9.41. The molecule has 5 nitrogen and oxygen atoms in total. The Morgan fingerprint density at radius 2 is 1.77 bits per heavy atom. The molecule has 0 radical (unpaired) electrons. The van der Waals surface area contributed by atoms with Crippen molar-refractivity contribution in [1.29, 1.82) is 0 Å². The van der Waals surface area contributed by atoms with Crippen molar-refractivity contribution in [2.24, 2.45) is 0 Å². The van der Waals surface area contributed by atoms with Crippen molar-refractivity contribution >= 4 is 33.2 Å². The Balaban J connectivity index is 2.31. The lowest BCUT2D eigenvalue weighted by molar-refractivity contribution is -0.137. The molecule has 0 bridgehead atoms. The summed E-state index contributed by atoms with van der Waals surface area (Å²) in [6.45, 7) is 3.07. The number of aryl methyl sites for hydroxylation is 1. The van der Waals surface area contributed by atoms with Crippen LogP contribution >= 0.6 is 11.6 Å². The van der Waals surface area contributed by atoms with Crippen molar-refractivity contribution in [1.82, 2.24) is 5.32 Å². The van der Waals surface area contributed by atoms with Crippen molar-refractivity contribution in [2.45, 2.75) is 32.5 Å². The number of nitrogens with zero attached hydrogens (tertiary/aromatic N) is 1. The van der Waals surface area contributed by atoms with E-state index in [-0.39, 0.29) is 11.1 Å². The predicted octanol–water partition coefficient (Wildman–Crippen LogP) is 4.70. The molecular weight excluding hydrogens is 441 g/mol. The zero-order valence-corrected chi connectivity index (χ0v) is 18.2. The van der Waals surface area contributed by atoms with Crippen LogP contribution in [0.5, 0.6) is 0 Å². The Morgan fingerprint density at radius 1 is 1.17 bits per heavy atom. The fourth-order valence-corrected chi connectivity index (χ4v) is 3.98. The van der Waals surface area contributed by atoms with Gasteiger partial charge in [-0.1, -0.05) is 48.4 Å². The van der Waals surface area contributed by atoms with Gasteiger partial charge in [-0.2, -0.15) is 13.2 Å². The van der Waals surface area contributed by atoms with E-state index < -0.39 is 39.9 Å². The number of rotatable bonds is 7. The molecule has 0 heterocycles. The Hall–Kier alpha value is -2.26. The summed E-state index contributed by atoms with van der Waals surface area (Å²) >= 11 is 5.97.